The van der Waals surface area contributed by atoms with Crippen molar-refractivity contribution < 1.29 is 29.6 Å². The third-order valence-electron chi connectivity index (χ3n) is 5.02. The van der Waals surface area contributed by atoms with E-state index in [0.29, 0.717) is 24.9 Å². The minimum Gasteiger partial charge on any atom is -0.478 e. The first-order chi connectivity index (χ1) is 14.7. The molecule has 172 valence electrons. The number of aliphatic hydroxyl groups is 1. The molecule has 1 heterocycles. The topological polar surface area (TPSA) is 130 Å². The van der Waals surface area contributed by atoms with Gasteiger partial charge < -0.3 is 25.8 Å². The molecular weight excluding hydrogens is 418 g/mol. The standard InChI is InChI=1S/C19H29NO2S.C4H4O4/c1-14-5-8-16(9-6-14)22-13-3-4-17-11-12-18(23-17)10-7-15(2)19(20)21;5-3(6)1-2-4(7)8/h11-12,14-16,19,21H,5-10,13,20H2,1-2H3;1-2H,(H,5,6)(H,7,8)/t14?,15-,16?,19?;/m1./s1. The van der Waals surface area contributed by atoms with E-state index in [1.165, 1.54) is 30.6 Å². The summed E-state index contributed by atoms with van der Waals surface area (Å²) in [5, 5.41) is 24.9. The number of carboxylic acids is 2. The molecule has 1 aromatic rings. The molecule has 2 atom stereocenters. The highest BCUT2D eigenvalue weighted by Crippen LogP contribution is 2.25. The molecule has 0 saturated heterocycles. The summed E-state index contributed by atoms with van der Waals surface area (Å²) < 4.78 is 5.85. The van der Waals surface area contributed by atoms with E-state index in [1.807, 2.05) is 6.92 Å². The molecule has 1 aliphatic carbocycles. The maximum Gasteiger partial charge on any atom is 0.328 e. The van der Waals surface area contributed by atoms with Gasteiger partial charge in [0.1, 0.15) is 12.8 Å². The lowest BCUT2D eigenvalue weighted by Crippen LogP contribution is -2.27. The second-order valence-electron chi connectivity index (χ2n) is 7.78. The van der Waals surface area contributed by atoms with Gasteiger partial charge in [-0.05, 0) is 62.5 Å². The van der Waals surface area contributed by atoms with Crippen molar-refractivity contribution in [3.63, 3.8) is 0 Å². The first kappa shape index (κ1) is 26.9. The zero-order valence-electron chi connectivity index (χ0n) is 18.1. The normalized spacial score (nSPS) is 20.1. The van der Waals surface area contributed by atoms with Crippen molar-refractivity contribution >= 4 is 23.3 Å². The Hall–Kier alpha value is -2.18. The van der Waals surface area contributed by atoms with Crippen LogP contribution in [0.5, 0.6) is 0 Å². The average molecular weight is 452 g/mol. The van der Waals surface area contributed by atoms with Gasteiger partial charge in [-0.15, -0.1) is 11.3 Å². The summed E-state index contributed by atoms with van der Waals surface area (Å²) in [4.78, 5) is 21.5. The van der Waals surface area contributed by atoms with Crippen LogP contribution in [-0.2, 0) is 20.7 Å². The molecule has 5 N–H and O–H groups in total. The summed E-state index contributed by atoms with van der Waals surface area (Å²) in [5.41, 5.74) is 5.48. The number of aliphatic carboxylic acids is 2. The molecule has 0 spiro atoms. The molecule has 1 aromatic heterocycles. The number of carbonyl (C=O) groups is 2. The van der Waals surface area contributed by atoms with Crippen LogP contribution in [0.1, 0.15) is 55.7 Å². The maximum absolute atomic E-state index is 9.55. The molecule has 1 unspecified atom stereocenters. The number of hydrogen-bond acceptors (Lipinski definition) is 6. The summed E-state index contributed by atoms with van der Waals surface area (Å²) in [7, 11) is 0. The number of rotatable bonds is 8. The van der Waals surface area contributed by atoms with Crippen LogP contribution in [0, 0.1) is 23.7 Å². The van der Waals surface area contributed by atoms with Crippen LogP contribution in [0.25, 0.3) is 0 Å². The molecule has 31 heavy (non-hydrogen) atoms. The summed E-state index contributed by atoms with van der Waals surface area (Å²) in [5.74, 6) is 4.79. The Bertz CT molecular complexity index is 753. The summed E-state index contributed by atoms with van der Waals surface area (Å²) >= 11 is 1.72. The first-order valence-corrected chi connectivity index (χ1v) is 11.3. The monoisotopic (exact) mass is 451 g/mol. The Morgan fingerprint density at radius 2 is 1.84 bits per heavy atom. The molecule has 1 fully saturated rings. The van der Waals surface area contributed by atoms with E-state index < -0.39 is 18.2 Å². The molecule has 7 nitrogen and oxygen atoms in total. The predicted molar refractivity (Wildman–Crippen MR) is 121 cm³/mol. The van der Waals surface area contributed by atoms with Gasteiger partial charge in [-0.3, -0.25) is 0 Å². The average Bonchev–Trinajstić information content (AvgIpc) is 3.17. The summed E-state index contributed by atoms with van der Waals surface area (Å²) in [6.07, 6.45) is 7.55. The van der Waals surface area contributed by atoms with Crippen molar-refractivity contribution in [3.8, 4) is 11.8 Å². The number of thiophene rings is 1. The Kier molecular flexibility index (Phi) is 12.8. The molecule has 1 aliphatic rings. The molecule has 2 rings (SSSR count). The number of nitrogens with two attached hydrogens (primary N) is 1. The van der Waals surface area contributed by atoms with E-state index in [0.717, 1.165) is 23.6 Å². The van der Waals surface area contributed by atoms with Gasteiger partial charge in [0.25, 0.3) is 0 Å². The minimum absolute atomic E-state index is 0.123. The summed E-state index contributed by atoms with van der Waals surface area (Å²) in [6, 6.07) is 4.19. The van der Waals surface area contributed by atoms with Crippen LogP contribution in [0.2, 0.25) is 0 Å². The molecule has 0 radical (unpaired) electrons. The van der Waals surface area contributed by atoms with Crippen molar-refractivity contribution in [1.29, 1.82) is 0 Å². The third-order valence-corrected chi connectivity index (χ3v) is 6.09. The minimum atomic E-state index is -1.26. The van der Waals surface area contributed by atoms with Gasteiger partial charge in [0.05, 0.1) is 11.0 Å². The zero-order chi connectivity index (χ0) is 23.2. The van der Waals surface area contributed by atoms with Gasteiger partial charge in [-0.2, -0.15) is 0 Å². The van der Waals surface area contributed by atoms with Crippen molar-refractivity contribution in [2.45, 2.75) is 64.7 Å². The SMILES string of the molecule is CC1CCC(OCC#Cc2ccc(CC[C@@H](C)C(N)O)s2)CC1.O=C(O)C=CC(=O)O. The Labute approximate surface area is 187 Å². The number of aliphatic hydroxyl groups excluding tert-OH is 1. The fourth-order valence-electron chi connectivity index (χ4n) is 2.94. The molecule has 1 saturated carbocycles. The van der Waals surface area contributed by atoms with E-state index in [9.17, 15) is 14.7 Å². The Morgan fingerprint density at radius 1 is 1.23 bits per heavy atom. The number of aryl methyl sites for hydroxylation is 1. The van der Waals surface area contributed by atoms with Gasteiger partial charge in [0.2, 0.25) is 0 Å². The number of hydrogen-bond donors (Lipinski definition) is 4. The first-order valence-electron chi connectivity index (χ1n) is 10.4. The second kappa shape index (κ2) is 14.8. The van der Waals surface area contributed by atoms with E-state index in [2.05, 4.69) is 30.9 Å². The van der Waals surface area contributed by atoms with Crippen LogP contribution >= 0.6 is 11.3 Å². The van der Waals surface area contributed by atoms with E-state index in [4.69, 9.17) is 20.7 Å². The molecule has 8 heteroatoms. The van der Waals surface area contributed by atoms with Crippen LogP contribution in [0.3, 0.4) is 0 Å². The lowest BCUT2D eigenvalue weighted by molar-refractivity contribution is -0.134. The third kappa shape index (κ3) is 13.0. The van der Waals surface area contributed by atoms with Crippen LogP contribution in [-0.4, -0.2) is 46.2 Å². The van der Waals surface area contributed by atoms with Gasteiger partial charge in [-0.1, -0.05) is 25.7 Å². The highest BCUT2D eigenvalue weighted by Gasteiger charge is 2.17. The number of carboxylic acid groups (broad SMARTS) is 2. The largest absolute Gasteiger partial charge is 0.478 e. The van der Waals surface area contributed by atoms with Crippen molar-refractivity contribution in [1.82, 2.24) is 0 Å². The smallest absolute Gasteiger partial charge is 0.328 e. The zero-order valence-corrected chi connectivity index (χ0v) is 18.9. The van der Waals surface area contributed by atoms with Crippen LogP contribution < -0.4 is 5.73 Å². The quantitative estimate of drug-likeness (QED) is 0.271. The van der Waals surface area contributed by atoms with Crippen molar-refractivity contribution in [3.05, 3.63) is 34.0 Å². The molecule has 0 bridgehead atoms. The maximum atomic E-state index is 9.55. The lowest BCUT2D eigenvalue weighted by atomic mass is 9.89. The predicted octanol–water partition coefficient (Wildman–Crippen LogP) is 3.25. The fourth-order valence-corrected chi connectivity index (χ4v) is 3.84. The van der Waals surface area contributed by atoms with E-state index >= 15 is 0 Å². The van der Waals surface area contributed by atoms with E-state index in [-0.39, 0.29) is 5.92 Å². The highest BCUT2D eigenvalue weighted by atomic mass is 32.1. The molecular formula is C23H33NO6S. The number of ether oxygens (including phenoxy) is 1. The Morgan fingerprint density at radius 3 is 2.39 bits per heavy atom. The lowest BCUT2D eigenvalue weighted by Gasteiger charge is -2.25. The van der Waals surface area contributed by atoms with Gasteiger partial charge in [0.15, 0.2) is 0 Å². The summed E-state index contributed by atoms with van der Waals surface area (Å²) in [6.45, 7) is 4.82. The van der Waals surface area contributed by atoms with Crippen LogP contribution in [0.4, 0.5) is 0 Å². The Balaban J connectivity index is 0.000000512. The van der Waals surface area contributed by atoms with Gasteiger partial charge >= 0.3 is 11.9 Å². The second-order valence-corrected chi connectivity index (χ2v) is 8.95. The highest BCUT2D eigenvalue weighted by molar-refractivity contribution is 7.12. The van der Waals surface area contributed by atoms with Gasteiger partial charge in [0, 0.05) is 17.0 Å². The van der Waals surface area contributed by atoms with Crippen LogP contribution in [0.15, 0.2) is 24.3 Å². The van der Waals surface area contributed by atoms with E-state index in [1.54, 1.807) is 11.3 Å². The molecule has 0 aliphatic heterocycles. The fraction of sp³-hybridized carbons (Fsp3) is 0.565. The molecule has 0 aromatic carbocycles. The van der Waals surface area contributed by atoms with Crippen molar-refractivity contribution in [2.24, 2.45) is 17.6 Å². The van der Waals surface area contributed by atoms with Crippen molar-refractivity contribution in [2.75, 3.05) is 6.61 Å². The van der Waals surface area contributed by atoms with Gasteiger partial charge in [-0.25, -0.2) is 9.59 Å². The molecule has 0 amide bonds.